The SMILES string of the molecule is CC(=O)C1CC(C(=O)O)(C(=O)O)C1. The van der Waals surface area contributed by atoms with Gasteiger partial charge < -0.3 is 10.2 Å². The van der Waals surface area contributed by atoms with E-state index in [1.807, 2.05) is 0 Å². The summed E-state index contributed by atoms with van der Waals surface area (Å²) in [5.74, 6) is -3.24. The molecule has 1 saturated carbocycles. The normalized spacial score (nSPS) is 20.4. The van der Waals surface area contributed by atoms with Crippen LogP contribution in [0.4, 0.5) is 0 Å². The van der Waals surface area contributed by atoms with Crippen molar-refractivity contribution in [1.82, 2.24) is 0 Å². The first-order chi connectivity index (χ1) is 5.90. The van der Waals surface area contributed by atoms with E-state index in [0.29, 0.717) is 0 Å². The third-order valence-corrected chi connectivity index (χ3v) is 2.58. The molecule has 0 radical (unpaired) electrons. The van der Waals surface area contributed by atoms with Crippen molar-refractivity contribution in [3.05, 3.63) is 0 Å². The largest absolute Gasteiger partial charge is 0.480 e. The number of rotatable bonds is 3. The molecule has 2 N–H and O–H groups in total. The van der Waals surface area contributed by atoms with Gasteiger partial charge >= 0.3 is 11.9 Å². The molecule has 1 rings (SSSR count). The molecule has 0 unspecified atom stereocenters. The number of ketones is 1. The van der Waals surface area contributed by atoms with Crippen LogP contribution in [0.2, 0.25) is 0 Å². The number of hydrogen-bond acceptors (Lipinski definition) is 3. The maximum atomic E-state index is 10.8. The van der Waals surface area contributed by atoms with Gasteiger partial charge in [-0.15, -0.1) is 0 Å². The monoisotopic (exact) mass is 186 g/mol. The van der Waals surface area contributed by atoms with Gasteiger partial charge in [0, 0.05) is 5.92 Å². The second-order valence-electron chi connectivity index (χ2n) is 3.41. The fourth-order valence-corrected chi connectivity index (χ4v) is 1.51. The second-order valence-corrected chi connectivity index (χ2v) is 3.41. The third-order valence-electron chi connectivity index (χ3n) is 2.58. The van der Waals surface area contributed by atoms with Crippen molar-refractivity contribution in [3.8, 4) is 0 Å². The molecule has 0 spiro atoms. The number of carboxylic acid groups (broad SMARTS) is 2. The summed E-state index contributed by atoms with van der Waals surface area (Å²) in [6.07, 6.45) is -0.153. The third kappa shape index (κ3) is 1.30. The first kappa shape index (κ1) is 9.70. The second kappa shape index (κ2) is 2.83. The number of carboxylic acids is 2. The van der Waals surface area contributed by atoms with Crippen LogP contribution in [0.1, 0.15) is 19.8 Å². The van der Waals surface area contributed by atoms with Crippen molar-refractivity contribution in [2.75, 3.05) is 0 Å². The molecule has 0 aromatic heterocycles. The number of aliphatic carboxylic acids is 2. The Kier molecular flexibility index (Phi) is 2.11. The van der Waals surface area contributed by atoms with Crippen molar-refractivity contribution in [1.29, 1.82) is 0 Å². The standard InChI is InChI=1S/C8H10O5/c1-4(9)5-2-8(3-5,6(10)11)7(12)13/h5H,2-3H2,1H3,(H,10,11)(H,12,13). The van der Waals surface area contributed by atoms with Gasteiger partial charge in [0.1, 0.15) is 5.78 Å². The number of Topliss-reactive ketones (excluding diaryl/α,β-unsaturated/α-hetero) is 1. The van der Waals surface area contributed by atoms with Crippen LogP contribution in [-0.2, 0) is 14.4 Å². The summed E-state index contributed by atoms with van der Waals surface area (Å²) in [5.41, 5.74) is -1.71. The molecule has 0 saturated heterocycles. The average molecular weight is 186 g/mol. The molecule has 0 aliphatic heterocycles. The molecule has 5 heteroatoms. The van der Waals surface area contributed by atoms with Crippen LogP contribution in [0.3, 0.4) is 0 Å². The lowest BCUT2D eigenvalue weighted by molar-refractivity contribution is -0.176. The maximum Gasteiger partial charge on any atom is 0.321 e. The smallest absolute Gasteiger partial charge is 0.321 e. The first-order valence-electron chi connectivity index (χ1n) is 3.87. The van der Waals surface area contributed by atoms with Crippen molar-refractivity contribution >= 4 is 17.7 Å². The summed E-state index contributed by atoms with van der Waals surface area (Å²) in [5, 5.41) is 17.3. The molecule has 0 heterocycles. The predicted octanol–water partition coefficient (Wildman–Crippen LogP) is 0.141. The van der Waals surface area contributed by atoms with Gasteiger partial charge in [0.05, 0.1) is 0 Å². The van der Waals surface area contributed by atoms with Crippen molar-refractivity contribution in [2.24, 2.45) is 11.3 Å². The summed E-state index contributed by atoms with van der Waals surface area (Å²) in [4.78, 5) is 32.0. The Balaban J connectivity index is 2.75. The maximum absolute atomic E-state index is 10.8. The average Bonchev–Trinajstić information content (AvgIpc) is 1.80. The van der Waals surface area contributed by atoms with E-state index in [1.165, 1.54) is 6.92 Å². The minimum Gasteiger partial charge on any atom is -0.480 e. The highest BCUT2D eigenvalue weighted by Crippen LogP contribution is 2.46. The van der Waals surface area contributed by atoms with E-state index in [0.717, 1.165) is 0 Å². The topological polar surface area (TPSA) is 91.7 Å². The zero-order chi connectivity index (χ0) is 10.2. The quantitative estimate of drug-likeness (QED) is 0.611. The molecule has 1 fully saturated rings. The summed E-state index contributed by atoms with van der Waals surface area (Å²) in [6.45, 7) is 1.35. The molecule has 0 aromatic carbocycles. The molecule has 0 amide bonds. The molecule has 0 bridgehead atoms. The van der Waals surface area contributed by atoms with Gasteiger partial charge in [-0.05, 0) is 19.8 Å². The zero-order valence-corrected chi connectivity index (χ0v) is 7.11. The van der Waals surface area contributed by atoms with Crippen LogP contribution < -0.4 is 0 Å². The Labute approximate surface area is 74.4 Å². The summed E-state index contributed by atoms with van der Waals surface area (Å²) >= 11 is 0. The molecular weight excluding hydrogens is 176 g/mol. The fraction of sp³-hybridized carbons (Fsp3) is 0.625. The van der Waals surface area contributed by atoms with E-state index >= 15 is 0 Å². The highest BCUT2D eigenvalue weighted by Gasteiger charge is 2.57. The Morgan fingerprint density at radius 3 is 1.77 bits per heavy atom. The van der Waals surface area contributed by atoms with Gasteiger partial charge in [0.25, 0.3) is 0 Å². The molecule has 72 valence electrons. The lowest BCUT2D eigenvalue weighted by atomic mass is 9.61. The highest BCUT2D eigenvalue weighted by molar-refractivity contribution is 6.01. The van der Waals surface area contributed by atoms with Crippen molar-refractivity contribution < 1.29 is 24.6 Å². The van der Waals surface area contributed by atoms with Crippen LogP contribution in [0.25, 0.3) is 0 Å². The van der Waals surface area contributed by atoms with Gasteiger partial charge in [-0.25, -0.2) is 0 Å². The van der Waals surface area contributed by atoms with E-state index in [-0.39, 0.29) is 18.6 Å². The number of hydrogen-bond donors (Lipinski definition) is 2. The number of carbonyl (C=O) groups excluding carboxylic acids is 1. The zero-order valence-electron chi connectivity index (χ0n) is 7.11. The molecular formula is C8H10O5. The van der Waals surface area contributed by atoms with E-state index in [4.69, 9.17) is 10.2 Å². The van der Waals surface area contributed by atoms with Crippen molar-refractivity contribution in [3.63, 3.8) is 0 Å². The van der Waals surface area contributed by atoms with Gasteiger partial charge in [0.2, 0.25) is 0 Å². The number of carbonyl (C=O) groups is 3. The van der Waals surface area contributed by atoms with Crippen molar-refractivity contribution in [2.45, 2.75) is 19.8 Å². The Morgan fingerprint density at radius 2 is 1.54 bits per heavy atom. The minimum atomic E-state index is -1.71. The van der Waals surface area contributed by atoms with E-state index < -0.39 is 23.3 Å². The van der Waals surface area contributed by atoms with E-state index in [1.54, 1.807) is 0 Å². The molecule has 0 aromatic rings. The lowest BCUT2D eigenvalue weighted by Crippen LogP contribution is -2.51. The van der Waals surface area contributed by atoms with Crippen LogP contribution in [-0.4, -0.2) is 27.9 Å². The summed E-state index contributed by atoms with van der Waals surface area (Å²) < 4.78 is 0. The Bertz CT molecular complexity index is 258. The van der Waals surface area contributed by atoms with Gasteiger partial charge in [0.15, 0.2) is 5.41 Å². The first-order valence-corrected chi connectivity index (χ1v) is 3.87. The Hall–Kier alpha value is -1.39. The summed E-state index contributed by atoms with van der Waals surface area (Å²) in [7, 11) is 0. The lowest BCUT2D eigenvalue weighted by Gasteiger charge is -2.39. The van der Waals surface area contributed by atoms with Gasteiger partial charge in [-0.1, -0.05) is 0 Å². The van der Waals surface area contributed by atoms with E-state index in [2.05, 4.69) is 0 Å². The van der Waals surface area contributed by atoms with Crippen LogP contribution >= 0.6 is 0 Å². The van der Waals surface area contributed by atoms with Crippen LogP contribution in [0.15, 0.2) is 0 Å². The molecule has 5 nitrogen and oxygen atoms in total. The van der Waals surface area contributed by atoms with Gasteiger partial charge in [-0.3, -0.25) is 14.4 Å². The molecule has 1 aliphatic carbocycles. The summed E-state index contributed by atoms with van der Waals surface area (Å²) in [6, 6.07) is 0. The molecule has 1 aliphatic rings. The molecule has 0 atom stereocenters. The van der Waals surface area contributed by atoms with E-state index in [9.17, 15) is 14.4 Å². The Morgan fingerprint density at radius 1 is 1.15 bits per heavy atom. The fourth-order valence-electron chi connectivity index (χ4n) is 1.51. The minimum absolute atomic E-state index is 0.0764. The van der Waals surface area contributed by atoms with Crippen LogP contribution in [0.5, 0.6) is 0 Å². The van der Waals surface area contributed by atoms with Gasteiger partial charge in [-0.2, -0.15) is 0 Å². The predicted molar refractivity (Wildman–Crippen MR) is 41.1 cm³/mol. The highest BCUT2D eigenvalue weighted by atomic mass is 16.4. The molecule has 13 heavy (non-hydrogen) atoms. The van der Waals surface area contributed by atoms with Crippen LogP contribution in [0, 0.1) is 11.3 Å².